The molecule has 0 radical (unpaired) electrons. The average molecular weight is 1420 g/mol. The van der Waals surface area contributed by atoms with Gasteiger partial charge in [0.15, 0.2) is 5.78 Å². The highest BCUT2D eigenvalue weighted by Gasteiger charge is 2.46. The van der Waals surface area contributed by atoms with Crippen LogP contribution in [0.15, 0.2) is 93.6 Å². The van der Waals surface area contributed by atoms with Crippen molar-refractivity contribution in [2.24, 2.45) is 17.6 Å². The average Bonchev–Trinajstić information content (AvgIpc) is 1.72. The van der Waals surface area contributed by atoms with Crippen molar-refractivity contribution in [2.75, 3.05) is 32.8 Å². The second-order valence-electron chi connectivity index (χ2n) is 24.4. The van der Waals surface area contributed by atoms with Crippen molar-refractivity contribution >= 4 is 109 Å². The minimum Gasteiger partial charge on any atom is -0.492 e. The number of pyridine rings is 1. The summed E-state index contributed by atoms with van der Waals surface area (Å²) < 4.78 is 6.11. The Bertz CT molecular complexity index is 4360. The zero-order valence-electron chi connectivity index (χ0n) is 53.6. The molecule has 2 aliphatic heterocycles. The summed E-state index contributed by atoms with van der Waals surface area (Å²) in [6.45, 7) is 12.8. The van der Waals surface area contributed by atoms with Gasteiger partial charge in [-0.2, -0.15) is 0 Å². The van der Waals surface area contributed by atoms with E-state index in [1.54, 1.807) is 40.1 Å². The number of hydrogen-bond acceptors (Lipinski definition) is 23. The van der Waals surface area contributed by atoms with Crippen LogP contribution in [-0.2, 0) is 20.8 Å². The molecule has 0 spiro atoms. The molecule has 9 aromatic rings. The van der Waals surface area contributed by atoms with E-state index in [0.717, 1.165) is 42.1 Å². The van der Waals surface area contributed by atoms with Crippen LogP contribution < -0.4 is 26.4 Å². The maximum absolute atomic E-state index is 15.5. The van der Waals surface area contributed by atoms with E-state index in [2.05, 4.69) is 34.7 Å². The van der Waals surface area contributed by atoms with Crippen LogP contribution in [0, 0.1) is 18.8 Å². The number of ether oxygens (including phenoxy) is 1. The van der Waals surface area contributed by atoms with Gasteiger partial charge in [-0.25, -0.2) is 34.9 Å². The van der Waals surface area contributed by atoms with E-state index in [1.165, 1.54) is 56.7 Å². The monoisotopic (exact) mass is 1420 g/mol. The van der Waals surface area contributed by atoms with Gasteiger partial charge in [0, 0.05) is 81.1 Å². The molecule has 2 aromatic carbocycles. The van der Waals surface area contributed by atoms with Crippen LogP contribution in [0.5, 0.6) is 5.75 Å². The van der Waals surface area contributed by atoms with E-state index in [4.69, 9.17) is 45.4 Å². The van der Waals surface area contributed by atoms with Crippen LogP contribution >= 0.6 is 68.0 Å². The number of aryl methyl sites for hydroxylation is 1. The second kappa shape index (κ2) is 30.1. The Labute approximate surface area is 583 Å². The molecule has 0 unspecified atom stereocenters. The van der Waals surface area contributed by atoms with Crippen LogP contribution in [0.1, 0.15) is 163 Å². The highest BCUT2D eigenvalue weighted by Crippen LogP contribution is 2.44. The van der Waals surface area contributed by atoms with Gasteiger partial charge in [0.25, 0.3) is 17.7 Å². The number of carboxylic acids is 1. The van der Waals surface area contributed by atoms with Crippen LogP contribution in [-0.4, -0.2) is 147 Å². The van der Waals surface area contributed by atoms with E-state index in [-0.39, 0.29) is 77.2 Å². The lowest BCUT2D eigenvalue weighted by atomic mass is 9.84. The molecular formula is C68H71N13O10S6. The molecule has 29 heteroatoms. The fourth-order valence-electron chi connectivity index (χ4n) is 12.5. The molecule has 23 nitrogen and oxygen atoms in total. The van der Waals surface area contributed by atoms with Gasteiger partial charge in [-0.05, 0) is 87.0 Å². The molecule has 3 aliphatic rings. The van der Waals surface area contributed by atoms with Crippen molar-refractivity contribution in [3.05, 3.63) is 147 Å². The number of carboxylic acid groups (broad SMARTS) is 1. The number of amides is 5. The van der Waals surface area contributed by atoms with E-state index < -0.39 is 71.6 Å². The molecule has 7 aromatic heterocycles. The van der Waals surface area contributed by atoms with Gasteiger partial charge in [-0.1, -0.05) is 70.2 Å². The van der Waals surface area contributed by atoms with Gasteiger partial charge in [0.1, 0.15) is 83.3 Å². The highest BCUT2D eigenvalue weighted by atomic mass is 32.1. The Kier molecular flexibility index (Phi) is 21.3. The van der Waals surface area contributed by atoms with E-state index >= 15 is 4.79 Å². The Morgan fingerprint density at radius 1 is 0.722 bits per heavy atom. The van der Waals surface area contributed by atoms with Crippen molar-refractivity contribution in [3.8, 4) is 49.1 Å². The first-order chi connectivity index (χ1) is 46.8. The number of carbonyl (C=O) groups is 7. The van der Waals surface area contributed by atoms with Crippen LogP contribution in [0.3, 0.4) is 0 Å². The number of thiazole rings is 6. The first-order valence-corrected chi connectivity index (χ1v) is 37.2. The predicted octanol–water partition coefficient (Wildman–Crippen LogP) is 10.6. The zero-order valence-corrected chi connectivity index (χ0v) is 58.5. The number of nitrogens with one attached hydrogen (secondary N) is 3. The largest absolute Gasteiger partial charge is 0.492 e. The molecule has 9 heterocycles. The molecule has 7 N–H and O–H groups in total. The number of primary amides is 1. The molecule has 7 atom stereocenters. The number of likely N-dealkylation sites (N-methyl/N-ethyl adjacent to an activating group) is 1. The molecule has 2 fully saturated rings. The van der Waals surface area contributed by atoms with Crippen molar-refractivity contribution in [1.29, 1.82) is 0 Å². The van der Waals surface area contributed by atoms with Crippen LogP contribution in [0.4, 0.5) is 0 Å². The number of aliphatic carboxylic acids is 1. The number of nitrogens with zero attached hydrogens (tertiary/aromatic N) is 9. The topological polar surface area (TPSA) is 328 Å². The number of ketones is 1. The van der Waals surface area contributed by atoms with Gasteiger partial charge < -0.3 is 46.4 Å². The number of aliphatic hydroxyl groups is 1. The number of aliphatic hydroxyl groups excluding tert-OH is 1. The van der Waals surface area contributed by atoms with Gasteiger partial charge in [0.2, 0.25) is 11.8 Å². The van der Waals surface area contributed by atoms with E-state index in [1.807, 2.05) is 79.2 Å². The number of Topliss-reactive ketones (excluding diaryl/α,β-unsaturated/α-hetero) is 1. The molecule has 1 aliphatic carbocycles. The predicted molar refractivity (Wildman–Crippen MR) is 373 cm³/mol. The van der Waals surface area contributed by atoms with Gasteiger partial charge in [-0.15, -0.1) is 68.0 Å². The Morgan fingerprint density at radius 3 is 2.10 bits per heavy atom. The maximum Gasteiger partial charge on any atom is 0.306 e. The molecule has 1 saturated carbocycles. The Hall–Kier alpha value is -8.42. The molecule has 5 amide bonds. The number of nitrogens with two attached hydrogens (primary N) is 1. The van der Waals surface area contributed by atoms with Gasteiger partial charge in [-0.3, -0.25) is 33.6 Å². The molecule has 12 rings (SSSR count). The standard InChI is InChI=1S/C68H71N13O10S6/c1-6-80(7-2)23-24-91-41-19-13-37(14-20-41)25-46-67(88)81-28-53(83)35(4)57(81)66-78-51(33-96-66)64-74-47(29-94-64)56-42(21-22-44(71-56)63-77-48(32-95-63)58(85)70-40-17-15-39(16-18-40)68(89)90)61-75-49(30-92-61)59(86)72-45(27-54(69)84)65-79-55(36(5)97-65)52(82)26-43(34(3)38-11-9-8-10-12-38)62-76-50(31-93-62)60(87)73-46/h8-14,19-22,29-35,39-40,43,45-46,53,57,83H,6-7,15-18,23-28H2,1-5H3,(H2,69,84)(H,70,85)(H,72,86)(H,73,87)(H,89,90)/t34-,35+,39?,40?,43+,45+,46+,53+,57+/m1/s1. The number of rotatable bonds is 16. The summed E-state index contributed by atoms with van der Waals surface area (Å²) in [6.07, 6.45) is 0.680. The third-order valence-corrected chi connectivity index (χ3v) is 23.7. The molecule has 1 saturated heterocycles. The minimum absolute atomic E-state index is 0.0134. The SMILES string of the molecule is CCN(CC)CCOc1ccc(C[C@@H]2NC(=O)c3csc(n3)[C@H]([C@H](C)c3ccccc3)CC(=O)c3nc(sc3C)[C@H](CC(N)=O)NC(=O)c3csc(n3)-c3ccc(-c4nc(C(=O)NC5CCC(C(=O)O)CC5)cs4)nc3-c3csc(n3)-c3csc(n3)[C@@H]3[C@@H](C)[C@@H](O)CN3C2=O)cc1. The number of hydrogen-bond donors (Lipinski definition) is 6. The Balaban J connectivity index is 0.920. The fraction of sp³-hybridized carbons (Fsp3) is 0.382. The smallest absolute Gasteiger partial charge is 0.306 e. The summed E-state index contributed by atoms with van der Waals surface area (Å²) in [5, 5.41) is 41.3. The third-order valence-electron chi connectivity index (χ3n) is 18.1. The fourth-order valence-corrected chi connectivity index (χ4v) is 17.9. The van der Waals surface area contributed by atoms with Crippen LogP contribution in [0.25, 0.3) is 43.4 Å². The maximum atomic E-state index is 15.5. The van der Waals surface area contributed by atoms with Gasteiger partial charge in [0.05, 0.1) is 41.2 Å². The number of fused-ring (bicyclic) bond motifs is 16. The van der Waals surface area contributed by atoms with E-state index in [9.17, 15) is 39.0 Å². The lowest BCUT2D eigenvalue weighted by molar-refractivity contribution is -0.143. The summed E-state index contributed by atoms with van der Waals surface area (Å²) >= 11 is 7.38. The summed E-state index contributed by atoms with van der Waals surface area (Å²) in [6, 6.07) is 17.5. The zero-order chi connectivity index (χ0) is 68.2. The number of benzene rings is 2. The lowest BCUT2D eigenvalue weighted by Crippen LogP contribution is -2.50. The van der Waals surface area contributed by atoms with Crippen molar-refractivity contribution in [2.45, 2.75) is 122 Å². The summed E-state index contributed by atoms with van der Waals surface area (Å²) in [4.78, 5) is 137. The quantitative estimate of drug-likeness (QED) is 0.0523. The van der Waals surface area contributed by atoms with E-state index in [0.29, 0.717) is 96.3 Å². The van der Waals surface area contributed by atoms with Crippen molar-refractivity contribution in [3.63, 3.8) is 0 Å². The summed E-state index contributed by atoms with van der Waals surface area (Å²) in [5.41, 5.74) is 10.1. The molecule has 504 valence electrons. The summed E-state index contributed by atoms with van der Waals surface area (Å²) in [7, 11) is 0. The molecular weight excluding hydrogens is 1350 g/mol. The normalized spacial score (nSPS) is 21.2. The van der Waals surface area contributed by atoms with Gasteiger partial charge >= 0.3 is 5.97 Å². The van der Waals surface area contributed by atoms with Crippen molar-refractivity contribution < 1.29 is 48.5 Å². The number of aromatic nitrogens is 7. The third kappa shape index (κ3) is 15.5. The lowest BCUT2D eigenvalue weighted by Gasteiger charge is -2.29. The summed E-state index contributed by atoms with van der Waals surface area (Å²) in [5.74, 6) is -5.13. The Morgan fingerprint density at radius 2 is 1.37 bits per heavy atom. The minimum atomic E-state index is -1.16. The van der Waals surface area contributed by atoms with Crippen LogP contribution in [0.2, 0.25) is 0 Å². The highest BCUT2D eigenvalue weighted by molar-refractivity contribution is 7.15. The first kappa shape index (κ1) is 68.5. The first-order valence-electron chi connectivity index (χ1n) is 32.0. The molecule has 97 heavy (non-hydrogen) atoms. The molecule has 10 bridgehead atoms. The second-order valence-corrected chi connectivity index (χ2v) is 30.0. The number of carbonyl (C=O) groups excluding carboxylic acids is 6. The van der Waals surface area contributed by atoms with Crippen molar-refractivity contribution in [1.82, 2.24) is 60.6 Å².